The highest BCUT2D eigenvalue weighted by Gasteiger charge is 2.43. The third-order valence-electron chi connectivity index (χ3n) is 3.45. The summed E-state index contributed by atoms with van der Waals surface area (Å²) < 4.78 is 0.868. The second-order valence-corrected chi connectivity index (χ2v) is 5.35. The number of carbonyl (C=O) groups excluding carboxylic acids is 1. The summed E-state index contributed by atoms with van der Waals surface area (Å²) in [6.07, 6.45) is 1.52. The second-order valence-electron chi connectivity index (χ2n) is 4.44. The first-order valence-electron chi connectivity index (χ1n) is 5.56. The van der Waals surface area contributed by atoms with Gasteiger partial charge in [0.25, 0.3) is 0 Å². The third-order valence-corrected chi connectivity index (χ3v) is 3.94. The largest absolute Gasteiger partial charge is 0.481 e. The smallest absolute Gasteiger partial charge is 0.314 e. The maximum Gasteiger partial charge on any atom is 0.314 e. The van der Waals surface area contributed by atoms with Crippen LogP contribution in [0.15, 0.2) is 28.7 Å². The van der Waals surface area contributed by atoms with E-state index in [4.69, 9.17) is 0 Å². The molecule has 17 heavy (non-hydrogen) atoms. The molecular weight excluding hydrogens is 284 g/mol. The lowest BCUT2D eigenvalue weighted by Crippen LogP contribution is -2.39. The van der Waals surface area contributed by atoms with E-state index in [9.17, 15) is 14.7 Å². The molecule has 0 bridgehead atoms. The fourth-order valence-electron chi connectivity index (χ4n) is 2.37. The quantitative estimate of drug-likeness (QED) is 0.913. The predicted molar refractivity (Wildman–Crippen MR) is 66.9 cm³/mol. The van der Waals surface area contributed by atoms with Crippen LogP contribution in [-0.4, -0.2) is 16.9 Å². The van der Waals surface area contributed by atoms with Crippen LogP contribution in [0.25, 0.3) is 0 Å². The summed E-state index contributed by atoms with van der Waals surface area (Å²) in [5, 5.41) is 9.49. The van der Waals surface area contributed by atoms with E-state index < -0.39 is 11.4 Å². The minimum atomic E-state index is -0.891. The molecular formula is C13H13BrO3. The number of aliphatic carboxylic acids is 1. The van der Waals surface area contributed by atoms with Gasteiger partial charge in [-0.25, -0.2) is 0 Å². The zero-order valence-corrected chi connectivity index (χ0v) is 10.9. The highest BCUT2D eigenvalue weighted by atomic mass is 79.9. The maximum atomic E-state index is 11.6. The summed E-state index contributed by atoms with van der Waals surface area (Å²) in [6, 6.07) is 7.37. The van der Waals surface area contributed by atoms with E-state index in [1.807, 2.05) is 24.3 Å². The van der Waals surface area contributed by atoms with Gasteiger partial charge in [-0.2, -0.15) is 0 Å². The molecule has 1 saturated carbocycles. The Hall–Kier alpha value is -1.16. The van der Waals surface area contributed by atoms with Crippen LogP contribution in [0.2, 0.25) is 0 Å². The molecule has 0 atom stereocenters. The molecule has 0 radical (unpaired) electrons. The van der Waals surface area contributed by atoms with Crippen molar-refractivity contribution in [1.82, 2.24) is 0 Å². The van der Waals surface area contributed by atoms with Gasteiger partial charge >= 0.3 is 5.97 Å². The van der Waals surface area contributed by atoms with Crippen molar-refractivity contribution in [3.63, 3.8) is 0 Å². The molecule has 90 valence electrons. The Balaban J connectivity index is 2.41. The Bertz CT molecular complexity index is 457. The molecule has 2 rings (SSSR count). The van der Waals surface area contributed by atoms with Gasteiger partial charge in [0.15, 0.2) is 0 Å². The van der Waals surface area contributed by atoms with Gasteiger partial charge in [0.2, 0.25) is 0 Å². The normalized spacial score (nSPS) is 19.0. The van der Waals surface area contributed by atoms with Crippen LogP contribution in [0.3, 0.4) is 0 Å². The van der Waals surface area contributed by atoms with Crippen LogP contribution < -0.4 is 0 Å². The molecule has 0 aromatic heterocycles. The van der Waals surface area contributed by atoms with Crippen LogP contribution in [-0.2, 0) is 15.0 Å². The Labute approximate surface area is 108 Å². The minimum Gasteiger partial charge on any atom is -0.481 e. The van der Waals surface area contributed by atoms with Gasteiger partial charge in [-0.1, -0.05) is 28.1 Å². The Morgan fingerprint density at radius 2 is 1.94 bits per heavy atom. The molecule has 1 aliphatic rings. The van der Waals surface area contributed by atoms with E-state index in [0.717, 1.165) is 10.0 Å². The lowest BCUT2D eigenvalue weighted by atomic mass is 9.69. The van der Waals surface area contributed by atoms with Crippen molar-refractivity contribution in [2.45, 2.75) is 31.1 Å². The molecule has 3 nitrogen and oxygen atoms in total. The molecule has 0 aliphatic heterocycles. The molecule has 1 N–H and O–H groups in total. The van der Waals surface area contributed by atoms with Gasteiger partial charge in [0, 0.05) is 17.3 Å². The second kappa shape index (κ2) is 4.61. The minimum absolute atomic E-state index is 0.164. The molecule has 1 fully saturated rings. The number of ketones is 1. The number of rotatable bonds is 2. The summed E-state index contributed by atoms with van der Waals surface area (Å²) in [6.45, 7) is 0. The van der Waals surface area contributed by atoms with Crippen molar-refractivity contribution >= 4 is 27.7 Å². The van der Waals surface area contributed by atoms with Crippen molar-refractivity contribution in [3.8, 4) is 0 Å². The van der Waals surface area contributed by atoms with Crippen molar-refractivity contribution in [2.24, 2.45) is 0 Å². The highest BCUT2D eigenvalue weighted by molar-refractivity contribution is 9.10. The third kappa shape index (κ3) is 2.27. The topological polar surface area (TPSA) is 54.4 Å². The molecule has 0 heterocycles. The first-order chi connectivity index (χ1) is 8.04. The molecule has 0 amide bonds. The number of carbonyl (C=O) groups is 2. The van der Waals surface area contributed by atoms with Crippen molar-refractivity contribution in [2.75, 3.05) is 0 Å². The van der Waals surface area contributed by atoms with Crippen molar-refractivity contribution in [1.29, 1.82) is 0 Å². The molecule has 0 unspecified atom stereocenters. The van der Waals surface area contributed by atoms with Crippen LogP contribution in [0.5, 0.6) is 0 Å². The van der Waals surface area contributed by atoms with Gasteiger partial charge in [0.1, 0.15) is 5.78 Å². The molecule has 1 aliphatic carbocycles. The Kier molecular flexibility index (Phi) is 3.33. The summed E-state index contributed by atoms with van der Waals surface area (Å²) in [5.41, 5.74) is -0.107. The van der Waals surface area contributed by atoms with E-state index >= 15 is 0 Å². The first-order valence-corrected chi connectivity index (χ1v) is 6.35. The van der Waals surface area contributed by atoms with Crippen molar-refractivity contribution < 1.29 is 14.7 Å². The van der Waals surface area contributed by atoms with E-state index in [2.05, 4.69) is 15.9 Å². The fraction of sp³-hybridized carbons (Fsp3) is 0.385. The lowest BCUT2D eigenvalue weighted by Gasteiger charge is -2.33. The Morgan fingerprint density at radius 1 is 1.29 bits per heavy atom. The van der Waals surface area contributed by atoms with Gasteiger partial charge in [-0.3, -0.25) is 9.59 Å². The first kappa shape index (κ1) is 12.3. The summed E-state index contributed by atoms with van der Waals surface area (Å²) >= 11 is 3.35. The zero-order valence-electron chi connectivity index (χ0n) is 9.28. The highest BCUT2D eigenvalue weighted by Crippen LogP contribution is 2.39. The van der Waals surface area contributed by atoms with Gasteiger partial charge in [0.05, 0.1) is 5.41 Å². The molecule has 4 heteroatoms. The van der Waals surface area contributed by atoms with Gasteiger partial charge in [-0.15, -0.1) is 0 Å². The van der Waals surface area contributed by atoms with Crippen LogP contribution >= 0.6 is 15.9 Å². The number of carboxylic acid groups (broad SMARTS) is 1. The molecule has 1 aromatic rings. The number of Topliss-reactive ketones (excluding diaryl/α,β-unsaturated/α-hetero) is 1. The summed E-state index contributed by atoms with van der Waals surface area (Å²) in [7, 11) is 0. The van der Waals surface area contributed by atoms with Gasteiger partial charge in [-0.05, 0) is 30.5 Å². The Morgan fingerprint density at radius 3 is 2.47 bits per heavy atom. The standard InChI is InChI=1S/C13H13BrO3/c14-10-3-1-2-9(8-10)13(12(16)17)6-4-11(15)5-7-13/h1-3,8H,4-7H2,(H,16,17). The van der Waals surface area contributed by atoms with E-state index in [1.165, 1.54) is 0 Å². The summed E-state index contributed by atoms with van der Waals surface area (Å²) in [5.74, 6) is -0.667. The number of carboxylic acids is 1. The lowest BCUT2D eigenvalue weighted by molar-refractivity contribution is -0.146. The molecule has 0 spiro atoms. The predicted octanol–water partition coefficient (Wildman–Crippen LogP) is 2.91. The molecule has 1 aromatic carbocycles. The zero-order chi connectivity index (χ0) is 12.5. The SMILES string of the molecule is O=C1CCC(C(=O)O)(c2cccc(Br)c2)CC1. The van der Waals surface area contributed by atoms with Gasteiger partial charge < -0.3 is 5.11 Å². The van der Waals surface area contributed by atoms with E-state index in [-0.39, 0.29) is 5.78 Å². The number of halogens is 1. The number of hydrogen-bond donors (Lipinski definition) is 1. The monoisotopic (exact) mass is 296 g/mol. The summed E-state index contributed by atoms with van der Waals surface area (Å²) in [4.78, 5) is 22.8. The fourth-order valence-corrected chi connectivity index (χ4v) is 2.77. The maximum absolute atomic E-state index is 11.6. The van der Waals surface area contributed by atoms with E-state index in [1.54, 1.807) is 0 Å². The van der Waals surface area contributed by atoms with E-state index in [0.29, 0.717) is 25.7 Å². The number of hydrogen-bond acceptors (Lipinski definition) is 2. The molecule has 0 saturated heterocycles. The van der Waals surface area contributed by atoms with Crippen LogP contribution in [0.4, 0.5) is 0 Å². The number of benzene rings is 1. The van der Waals surface area contributed by atoms with Crippen LogP contribution in [0.1, 0.15) is 31.2 Å². The van der Waals surface area contributed by atoms with Crippen LogP contribution in [0, 0.1) is 0 Å². The average molecular weight is 297 g/mol. The average Bonchev–Trinajstić information content (AvgIpc) is 2.30. The van der Waals surface area contributed by atoms with Crippen molar-refractivity contribution in [3.05, 3.63) is 34.3 Å².